The number of aliphatic imine (C=N–C) groups is 1. The topological polar surface area (TPSA) is 78.5 Å². The maximum absolute atomic E-state index is 12.7. The van der Waals surface area contributed by atoms with Crippen LogP contribution in [0, 0.1) is 0 Å². The van der Waals surface area contributed by atoms with Crippen LogP contribution in [0.1, 0.15) is 15.9 Å². The van der Waals surface area contributed by atoms with Gasteiger partial charge < -0.3 is 15.0 Å². The van der Waals surface area contributed by atoms with E-state index in [4.69, 9.17) is 4.74 Å². The highest BCUT2D eigenvalue weighted by Gasteiger charge is 2.10. The van der Waals surface area contributed by atoms with Crippen molar-refractivity contribution in [3.05, 3.63) is 96.2 Å². The molecular weight excluding hydrogens is 388 g/mol. The normalized spacial score (nSPS) is 11.3. The number of para-hydroxylation sites is 1. The van der Waals surface area contributed by atoms with Crippen LogP contribution in [0.4, 0.5) is 5.69 Å². The number of methoxy groups -OCH3 is 1. The number of H-pyrrole nitrogens is 1. The minimum absolute atomic E-state index is 0.215. The first-order valence-electron chi connectivity index (χ1n) is 10.1. The van der Waals surface area contributed by atoms with E-state index >= 15 is 0 Å². The van der Waals surface area contributed by atoms with Gasteiger partial charge >= 0.3 is 0 Å². The highest BCUT2D eigenvalue weighted by atomic mass is 16.5. The Morgan fingerprint density at radius 1 is 0.968 bits per heavy atom. The molecule has 1 heterocycles. The van der Waals surface area contributed by atoms with Crippen molar-refractivity contribution < 1.29 is 9.53 Å². The number of nitrogens with one attached hydrogen (secondary N) is 3. The Kier molecular flexibility index (Phi) is 6.28. The summed E-state index contributed by atoms with van der Waals surface area (Å²) in [6.07, 6.45) is 2.76. The number of hydrogen-bond donors (Lipinski definition) is 3. The van der Waals surface area contributed by atoms with Crippen molar-refractivity contribution in [2.24, 2.45) is 4.99 Å². The number of anilines is 1. The number of nitrogens with zero attached hydrogens (tertiary/aromatic N) is 1. The lowest BCUT2D eigenvalue weighted by Gasteiger charge is -2.12. The number of carbonyl (C=O) groups is 1. The van der Waals surface area contributed by atoms with E-state index in [9.17, 15) is 4.79 Å². The van der Waals surface area contributed by atoms with Crippen molar-refractivity contribution in [3.63, 3.8) is 0 Å². The van der Waals surface area contributed by atoms with E-state index < -0.39 is 0 Å². The summed E-state index contributed by atoms with van der Waals surface area (Å²) in [5.41, 5.74) is 3.68. The van der Waals surface area contributed by atoms with Crippen LogP contribution >= 0.6 is 0 Å². The maximum Gasteiger partial charge on any atom is 0.257 e. The highest BCUT2D eigenvalue weighted by molar-refractivity contribution is 6.09. The molecule has 0 saturated carbocycles. The number of guanidine groups is 1. The van der Waals surface area contributed by atoms with E-state index in [-0.39, 0.29) is 5.91 Å². The van der Waals surface area contributed by atoms with Crippen LogP contribution in [0.3, 0.4) is 0 Å². The zero-order valence-corrected chi connectivity index (χ0v) is 17.3. The number of benzene rings is 3. The average molecular weight is 412 g/mol. The smallest absolute Gasteiger partial charge is 0.257 e. The van der Waals surface area contributed by atoms with E-state index in [2.05, 4.69) is 32.7 Å². The standard InChI is InChI=1S/C25H24N4O2/c1-31-21-13-11-20(12-14-21)28-25(29-24(30)18-7-3-2-4-8-18)26-16-15-19-17-27-23-10-6-5-9-22(19)23/h2-14,17,27H,15-16H2,1H3,(H2,26,28,29,30). The van der Waals surface area contributed by atoms with Crippen molar-refractivity contribution in [3.8, 4) is 5.75 Å². The van der Waals surface area contributed by atoms with Gasteiger partial charge in [-0.3, -0.25) is 15.1 Å². The van der Waals surface area contributed by atoms with Crippen LogP contribution < -0.4 is 15.4 Å². The van der Waals surface area contributed by atoms with E-state index in [0.717, 1.165) is 23.4 Å². The molecule has 1 amide bonds. The van der Waals surface area contributed by atoms with Crippen molar-refractivity contribution in [1.29, 1.82) is 0 Å². The molecule has 4 aromatic rings. The first-order chi connectivity index (χ1) is 15.2. The second kappa shape index (κ2) is 9.63. The molecule has 0 aliphatic heterocycles. The number of amides is 1. The molecule has 0 unspecified atom stereocenters. The Morgan fingerprint density at radius 3 is 2.48 bits per heavy atom. The zero-order valence-electron chi connectivity index (χ0n) is 17.3. The van der Waals surface area contributed by atoms with E-state index in [0.29, 0.717) is 18.1 Å². The summed E-state index contributed by atoms with van der Waals surface area (Å²) in [5.74, 6) is 0.947. The third kappa shape index (κ3) is 5.11. The number of ether oxygens (including phenoxy) is 1. The van der Waals surface area contributed by atoms with Crippen molar-refractivity contribution in [2.45, 2.75) is 6.42 Å². The molecular formula is C25H24N4O2. The zero-order chi connectivity index (χ0) is 21.5. The van der Waals surface area contributed by atoms with Gasteiger partial charge in [-0.05, 0) is 54.4 Å². The molecule has 1 aromatic heterocycles. The van der Waals surface area contributed by atoms with E-state index in [1.54, 1.807) is 19.2 Å². The second-order valence-corrected chi connectivity index (χ2v) is 7.01. The molecule has 0 saturated heterocycles. The summed E-state index contributed by atoms with van der Waals surface area (Å²) in [6, 6.07) is 24.7. The summed E-state index contributed by atoms with van der Waals surface area (Å²) in [6.45, 7) is 0.523. The Hall–Kier alpha value is -4.06. The summed E-state index contributed by atoms with van der Waals surface area (Å²) < 4.78 is 5.21. The largest absolute Gasteiger partial charge is 0.497 e. The first-order valence-corrected chi connectivity index (χ1v) is 10.1. The molecule has 0 fully saturated rings. The summed E-state index contributed by atoms with van der Waals surface area (Å²) >= 11 is 0. The lowest BCUT2D eigenvalue weighted by atomic mass is 10.1. The van der Waals surface area contributed by atoms with Crippen molar-refractivity contribution in [2.75, 3.05) is 19.0 Å². The fourth-order valence-corrected chi connectivity index (χ4v) is 3.32. The van der Waals surface area contributed by atoms with Crippen LogP contribution in [0.5, 0.6) is 5.75 Å². The van der Waals surface area contributed by atoms with Gasteiger partial charge in [0.1, 0.15) is 5.75 Å². The van der Waals surface area contributed by atoms with Gasteiger partial charge in [0, 0.05) is 34.9 Å². The predicted molar refractivity (Wildman–Crippen MR) is 125 cm³/mol. The monoisotopic (exact) mass is 412 g/mol. The minimum Gasteiger partial charge on any atom is -0.497 e. The number of fused-ring (bicyclic) bond motifs is 1. The van der Waals surface area contributed by atoms with Crippen LogP contribution in [0.25, 0.3) is 10.9 Å². The Labute approximate surface area is 181 Å². The van der Waals surface area contributed by atoms with E-state index in [1.807, 2.05) is 60.8 Å². The quantitative estimate of drug-likeness (QED) is 0.319. The Morgan fingerprint density at radius 2 is 1.71 bits per heavy atom. The molecule has 0 aliphatic rings. The third-order valence-corrected chi connectivity index (χ3v) is 4.95. The molecule has 0 bridgehead atoms. The number of aromatic amines is 1. The second-order valence-electron chi connectivity index (χ2n) is 7.01. The number of rotatable bonds is 6. The Balaban J connectivity index is 1.50. The van der Waals surface area contributed by atoms with Gasteiger partial charge in [-0.15, -0.1) is 0 Å². The summed E-state index contributed by atoms with van der Waals surface area (Å²) in [5, 5.41) is 7.28. The molecule has 0 atom stereocenters. The van der Waals surface area contributed by atoms with Crippen LogP contribution in [0.15, 0.2) is 90.1 Å². The fourth-order valence-electron chi connectivity index (χ4n) is 3.32. The average Bonchev–Trinajstić information content (AvgIpc) is 3.23. The van der Waals surface area contributed by atoms with Gasteiger partial charge in [0.2, 0.25) is 5.96 Å². The molecule has 0 radical (unpaired) electrons. The Bertz CT molecular complexity index is 1180. The number of aromatic nitrogens is 1. The molecule has 0 aliphatic carbocycles. The summed E-state index contributed by atoms with van der Waals surface area (Å²) in [4.78, 5) is 20.6. The first kappa shape index (κ1) is 20.2. The minimum atomic E-state index is -0.215. The molecule has 6 heteroatoms. The summed E-state index contributed by atoms with van der Waals surface area (Å²) in [7, 11) is 1.63. The molecule has 3 N–H and O–H groups in total. The molecule has 0 spiro atoms. The van der Waals surface area contributed by atoms with Crippen LogP contribution in [-0.4, -0.2) is 30.5 Å². The SMILES string of the molecule is COc1ccc(NC(=NCCc2c[nH]c3ccccc23)NC(=O)c2ccccc2)cc1. The molecule has 6 nitrogen and oxygen atoms in total. The highest BCUT2D eigenvalue weighted by Crippen LogP contribution is 2.18. The van der Waals surface area contributed by atoms with Gasteiger partial charge in [0.05, 0.1) is 7.11 Å². The van der Waals surface area contributed by atoms with E-state index in [1.165, 1.54) is 10.9 Å². The number of hydrogen-bond acceptors (Lipinski definition) is 3. The lowest BCUT2D eigenvalue weighted by molar-refractivity contribution is 0.0977. The third-order valence-electron chi connectivity index (χ3n) is 4.95. The van der Waals surface area contributed by atoms with Gasteiger partial charge in [-0.1, -0.05) is 36.4 Å². The van der Waals surface area contributed by atoms with Crippen LogP contribution in [0.2, 0.25) is 0 Å². The van der Waals surface area contributed by atoms with Gasteiger partial charge in [-0.25, -0.2) is 0 Å². The molecule has 156 valence electrons. The maximum atomic E-state index is 12.7. The lowest BCUT2D eigenvalue weighted by Crippen LogP contribution is -2.36. The van der Waals surface area contributed by atoms with Gasteiger partial charge in [0.25, 0.3) is 5.91 Å². The van der Waals surface area contributed by atoms with Crippen LogP contribution in [-0.2, 0) is 6.42 Å². The van der Waals surface area contributed by atoms with Gasteiger partial charge in [-0.2, -0.15) is 0 Å². The fraction of sp³-hybridized carbons (Fsp3) is 0.120. The van der Waals surface area contributed by atoms with Crippen molar-refractivity contribution >= 4 is 28.5 Å². The molecule has 4 rings (SSSR count). The molecule has 31 heavy (non-hydrogen) atoms. The van der Waals surface area contributed by atoms with Crippen molar-refractivity contribution in [1.82, 2.24) is 10.3 Å². The predicted octanol–water partition coefficient (Wildman–Crippen LogP) is 4.62. The number of carbonyl (C=O) groups excluding carboxylic acids is 1. The molecule has 3 aromatic carbocycles. The van der Waals surface area contributed by atoms with Gasteiger partial charge in [0.15, 0.2) is 0 Å².